The lowest BCUT2D eigenvalue weighted by molar-refractivity contribution is 0.102. The average Bonchev–Trinajstić information content (AvgIpc) is 2.76. The highest BCUT2D eigenvalue weighted by Crippen LogP contribution is 2.26. The molecule has 0 saturated heterocycles. The molecular formula is C26H35NO3. The van der Waals surface area contributed by atoms with Gasteiger partial charge in [0, 0.05) is 11.3 Å². The molecule has 4 heteroatoms. The maximum absolute atomic E-state index is 12.5. The van der Waals surface area contributed by atoms with Gasteiger partial charge in [0.1, 0.15) is 11.5 Å². The molecule has 0 aromatic heterocycles. The molecule has 4 nitrogen and oxygen atoms in total. The van der Waals surface area contributed by atoms with Crippen molar-refractivity contribution in [3.05, 3.63) is 54.1 Å². The number of hydrogen-bond acceptors (Lipinski definition) is 3. The van der Waals surface area contributed by atoms with Gasteiger partial charge >= 0.3 is 0 Å². The smallest absolute Gasteiger partial charge is 0.255 e. The van der Waals surface area contributed by atoms with Crippen molar-refractivity contribution in [3.63, 3.8) is 0 Å². The van der Waals surface area contributed by atoms with E-state index in [1.807, 2.05) is 36.4 Å². The van der Waals surface area contributed by atoms with E-state index >= 15 is 0 Å². The van der Waals surface area contributed by atoms with E-state index in [4.69, 9.17) is 9.47 Å². The number of anilines is 1. The Balaban J connectivity index is 1.42. The summed E-state index contributed by atoms with van der Waals surface area (Å²) in [5.74, 6) is 2.95. The van der Waals surface area contributed by atoms with E-state index in [-0.39, 0.29) is 5.91 Å². The van der Waals surface area contributed by atoms with Gasteiger partial charge in [-0.3, -0.25) is 4.79 Å². The van der Waals surface area contributed by atoms with Crippen LogP contribution < -0.4 is 14.8 Å². The third-order valence-corrected chi connectivity index (χ3v) is 5.71. The topological polar surface area (TPSA) is 47.6 Å². The summed E-state index contributed by atoms with van der Waals surface area (Å²) in [7, 11) is 0. The first-order valence-corrected chi connectivity index (χ1v) is 11.4. The van der Waals surface area contributed by atoms with Crippen LogP contribution in [0.3, 0.4) is 0 Å². The SMILES string of the molecule is CC(C)CCOc1ccc(C(=O)Nc2ccc(OCCC3CCCCC3)cc2)cc1. The molecular weight excluding hydrogens is 374 g/mol. The van der Waals surface area contributed by atoms with Crippen LogP contribution in [0.1, 0.15) is 69.2 Å². The first kappa shape index (κ1) is 22.2. The molecule has 0 aliphatic heterocycles. The van der Waals surface area contributed by atoms with Gasteiger partial charge in [0.05, 0.1) is 13.2 Å². The zero-order chi connectivity index (χ0) is 21.2. The quantitative estimate of drug-likeness (QED) is 0.474. The Morgan fingerprint density at radius 1 is 0.900 bits per heavy atom. The predicted octanol–water partition coefficient (Wildman–Crippen LogP) is 6.71. The Morgan fingerprint density at radius 3 is 2.13 bits per heavy atom. The lowest BCUT2D eigenvalue weighted by atomic mass is 9.87. The van der Waals surface area contributed by atoms with Gasteiger partial charge in [0.15, 0.2) is 0 Å². The van der Waals surface area contributed by atoms with Gasteiger partial charge in [-0.1, -0.05) is 46.0 Å². The Morgan fingerprint density at radius 2 is 1.50 bits per heavy atom. The monoisotopic (exact) mass is 409 g/mol. The number of amides is 1. The van der Waals surface area contributed by atoms with Crippen LogP contribution in [0, 0.1) is 11.8 Å². The second kappa shape index (κ2) is 11.6. The van der Waals surface area contributed by atoms with E-state index in [9.17, 15) is 4.79 Å². The second-order valence-electron chi connectivity index (χ2n) is 8.68. The van der Waals surface area contributed by atoms with Gasteiger partial charge in [-0.05, 0) is 73.2 Å². The van der Waals surface area contributed by atoms with Crippen molar-refractivity contribution in [2.24, 2.45) is 11.8 Å². The van der Waals surface area contributed by atoms with Gasteiger partial charge < -0.3 is 14.8 Å². The van der Waals surface area contributed by atoms with Gasteiger partial charge in [0.25, 0.3) is 5.91 Å². The van der Waals surface area contributed by atoms with Gasteiger partial charge in [-0.15, -0.1) is 0 Å². The summed E-state index contributed by atoms with van der Waals surface area (Å²) in [6, 6.07) is 14.9. The molecule has 1 aliphatic rings. The number of rotatable bonds is 10. The largest absolute Gasteiger partial charge is 0.494 e. The molecule has 1 aliphatic carbocycles. The fraction of sp³-hybridized carbons (Fsp3) is 0.500. The molecule has 0 atom stereocenters. The molecule has 1 N–H and O–H groups in total. The van der Waals surface area contributed by atoms with Crippen molar-refractivity contribution in [2.75, 3.05) is 18.5 Å². The van der Waals surface area contributed by atoms with Crippen molar-refractivity contribution < 1.29 is 14.3 Å². The molecule has 0 radical (unpaired) electrons. The van der Waals surface area contributed by atoms with E-state index < -0.39 is 0 Å². The van der Waals surface area contributed by atoms with Crippen LogP contribution in [0.15, 0.2) is 48.5 Å². The van der Waals surface area contributed by atoms with Crippen LogP contribution in [0.25, 0.3) is 0 Å². The summed E-state index contributed by atoms with van der Waals surface area (Å²) < 4.78 is 11.6. The van der Waals surface area contributed by atoms with Crippen LogP contribution in [0.4, 0.5) is 5.69 Å². The number of hydrogen-bond donors (Lipinski definition) is 1. The maximum Gasteiger partial charge on any atom is 0.255 e. The highest BCUT2D eigenvalue weighted by atomic mass is 16.5. The van der Waals surface area contributed by atoms with Gasteiger partial charge in [-0.2, -0.15) is 0 Å². The minimum Gasteiger partial charge on any atom is -0.494 e. The third kappa shape index (κ3) is 7.40. The van der Waals surface area contributed by atoms with E-state index in [0.717, 1.165) is 42.6 Å². The fourth-order valence-electron chi connectivity index (χ4n) is 3.77. The maximum atomic E-state index is 12.5. The highest BCUT2D eigenvalue weighted by Gasteiger charge is 2.13. The van der Waals surface area contributed by atoms with E-state index in [1.54, 1.807) is 12.1 Å². The fourth-order valence-corrected chi connectivity index (χ4v) is 3.77. The van der Waals surface area contributed by atoms with E-state index in [0.29, 0.717) is 18.1 Å². The van der Waals surface area contributed by atoms with Gasteiger partial charge in [0.2, 0.25) is 0 Å². The molecule has 162 valence electrons. The Bertz CT molecular complexity index is 762. The van der Waals surface area contributed by atoms with Crippen molar-refractivity contribution >= 4 is 11.6 Å². The molecule has 1 amide bonds. The minimum atomic E-state index is -0.130. The van der Waals surface area contributed by atoms with Crippen molar-refractivity contribution in [3.8, 4) is 11.5 Å². The Kier molecular flexibility index (Phi) is 8.61. The molecule has 2 aromatic carbocycles. The lowest BCUT2D eigenvalue weighted by Crippen LogP contribution is -2.12. The number of carbonyl (C=O) groups is 1. The highest BCUT2D eigenvalue weighted by molar-refractivity contribution is 6.04. The molecule has 2 aromatic rings. The van der Waals surface area contributed by atoms with Crippen molar-refractivity contribution in [1.29, 1.82) is 0 Å². The predicted molar refractivity (Wildman–Crippen MR) is 122 cm³/mol. The summed E-state index contributed by atoms with van der Waals surface area (Å²) in [5.41, 5.74) is 1.37. The molecule has 30 heavy (non-hydrogen) atoms. The summed E-state index contributed by atoms with van der Waals surface area (Å²) in [6.07, 6.45) is 8.97. The molecule has 0 spiro atoms. The number of benzene rings is 2. The standard InChI is InChI=1S/C26H35NO3/c1-20(2)16-18-29-24-12-8-22(9-13-24)26(28)27-23-10-14-25(15-11-23)30-19-17-21-6-4-3-5-7-21/h8-15,20-21H,3-7,16-19H2,1-2H3,(H,27,28). The summed E-state index contributed by atoms with van der Waals surface area (Å²) >= 11 is 0. The van der Waals surface area contributed by atoms with E-state index in [2.05, 4.69) is 19.2 Å². The van der Waals surface area contributed by atoms with Crippen LogP contribution in [-0.2, 0) is 0 Å². The van der Waals surface area contributed by atoms with Crippen LogP contribution in [0.5, 0.6) is 11.5 Å². The molecule has 0 unspecified atom stereocenters. The normalized spacial score (nSPS) is 14.5. The molecule has 1 fully saturated rings. The number of ether oxygens (including phenoxy) is 2. The summed E-state index contributed by atoms with van der Waals surface area (Å²) in [4.78, 5) is 12.5. The molecule has 0 heterocycles. The minimum absolute atomic E-state index is 0.130. The first-order valence-electron chi connectivity index (χ1n) is 11.4. The van der Waals surface area contributed by atoms with Crippen molar-refractivity contribution in [2.45, 2.75) is 58.8 Å². The summed E-state index contributed by atoms with van der Waals surface area (Å²) in [6.45, 7) is 5.81. The van der Waals surface area contributed by atoms with Crippen LogP contribution in [0.2, 0.25) is 0 Å². The number of carbonyl (C=O) groups excluding carboxylic acids is 1. The molecule has 1 saturated carbocycles. The summed E-state index contributed by atoms with van der Waals surface area (Å²) in [5, 5.41) is 2.94. The number of nitrogens with one attached hydrogen (secondary N) is 1. The zero-order valence-electron chi connectivity index (χ0n) is 18.4. The third-order valence-electron chi connectivity index (χ3n) is 5.71. The average molecular weight is 410 g/mol. The van der Waals surface area contributed by atoms with Crippen molar-refractivity contribution in [1.82, 2.24) is 0 Å². The Labute approximate surface area is 181 Å². The van der Waals surface area contributed by atoms with Crippen LogP contribution in [-0.4, -0.2) is 19.1 Å². The second-order valence-corrected chi connectivity index (χ2v) is 8.68. The molecule has 3 rings (SSSR count). The molecule has 0 bridgehead atoms. The van der Waals surface area contributed by atoms with Crippen LogP contribution >= 0.6 is 0 Å². The lowest BCUT2D eigenvalue weighted by Gasteiger charge is -2.21. The van der Waals surface area contributed by atoms with Gasteiger partial charge in [-0.25, -0.2) is 0 Å². The zero-order valence-corrected chi connectivity index (χ0v) is 18.4. The Hall–Kier alpha value is -2.49. The van der Waals surface area contributed by atoms with E-state index in [1.165, 1.54) is 32.1 Å². The first-order chi connectivity index (χ1) is 14.6.